The maximum atomic E-state index is 12.4. The Bertz CT molecular complexity index is 752. The van der Waals surface area contributed by atoms with Crippen molar-refractivity contribution < 1.29 is 18.0 Å². The molecule has 1 unspecified atom stereocenters. The molecule has 9 heteroatoms. The second kappa shape index (κ2) is 8.05. The molecule has 138 valence electrons. The van der Waals surface area contributed by atoms with Gasteiger partial charge in [-0.25, -0.2) is 13.2 Å². The van der Waals surface area contributed by atoms with Crippen LogP contribution >= 0.6 is 11.6 Å². The van der Waals surface area contributed by atoms with Crippen LogP contribution in [0, 0.1) is 5.92 Å². The lowest BCUT2D eigenvalue weighted by Gasteiger charge is -2.23. The van der Waals surface area contributed by atoms with Crippen LogP contribution in [-0.4, -0.2) is 43.9 Å². The van der Waals surface area contributed by atoms with Gasteiger partial charge in [-0.05, 0) is 30.5 Å². The predicted octanol–water partition coefficient (Wildman–Crippen LogP) is 1.79. The van der Waals surface area contributed by atoms with E-state index in [1.54, 1.807) is 24.3 Å². The number of benzene rings is 1. The highest BCUT2D eigenvalue weighted by molar-refractivity contribution is 7.91. The SMILES string of the molecule is CC(C)[C@H](NC(=O)NC1CCS(=O)(=O)C1)C(=O)Nc1cccc(Cl)c1. The van der Waals surface area contributed by atoms with Gasteiger partial charge in [0.2, 0.25) is 5.91 Å². The number of urea groups is 1. The van der Waals surface area contributed by atoms with Crippen LogP contribution in [0.25, 0.3) is 0 Å². The topological polar surface area (TPSA) is 104 Å². The zero-order chi connectivity index (χ0) is 18.6. The molecule has 0 radical (unpaired) electrons. The molecule has 3 N–H and O–H groups in total. The van der Waals surface area contributed by atoms with Crippen molar-refractivity contribution in [2.75, 3.05) is 16.8 Å². The van der Waals surface area contributed by atoms with E-state index in [1.807, 2.05) is 13.8 Å². The highest BCUT2D eigenvalue weighted by Gasteiger charge is 2.30. The van der Waals surface area contributed by atoms with Crippen LogP contribution in [0.1, 0.15) is 20.3 Å². The van der Waals surface area contributed by atoms with E-state index in [4.69, 9.17) is 11.6 Å². The molecule has 1 aromatic carbocycles. The Morgan fingerprint density at radius 3 is 2.56 bits per heavy atom. The summed E-state index contributed by atoms with van der Waals surface area (Å²) in [7, 11) is -3.08. The average Bonchev–Trinajstić information content (AvgIpc) is 2.83. The summed E-state index contributed by atoms with van der Waals surface area (Å²) in [4.78, 5) is 24.6. The second-order valence-corrected chi connectivity index (χ2v) is 9.10. The average molecular weight is 388 g/mol. The molecule has 1 aromatic rings. The number of sulfone groups is 1. The number of carbonyl (C=O) groups excluding carboxylic acids is 2. The minimum absolute atomic E-state index is 0.0680. The molecule has 2 rings (SSSR count). The largest absolute Gasteiger partial charge is 0.334 e. The molecule has 0 aliphatic carbocycles. The van der Waals surface area contributed by atoms with Crippen molar-refractivity contribution >= 4 is 39.1 Å². The third kappa shape index (κ3) is 5.89. The summed E-state index contributed by atoms with van der Waals surface area (Å²) in [6.45, 7) is 3.62. The van der Waals surface area contributed by atoms with Crippen LogP contribution in [0.15, 0.2) is 24.3 Å². The first-order valence-corrected chi connectivity index (χ1v) is 10.2. The van der Waals surface area contributed by atoms with E-state index in [9.17, 15) is 18.0 Å². The maximum Gasteiger partial charge on any atom is 0.315 e. The fourth-order valence-electron chi connectivity index (χ4n) is 2.60. The summed E-state index contributed by atoms with van der Waals surface area (Å²) < 4.78 is 22.9. The molecular weight excluding hydrogens is 366 g/mol. The third-order valence-corrected chi connectivity index (χ3v) is 5.90. The van der Waals surface area contributed by atoms with Crippen molar-refractivity contribution in [1.29, 1.82) is 0 Å². The minimum atomic E-state index is -3.08. The molecule has 1 saturated heterocycles. The standard InChI is InChI=1S/C16H22ClN3O4S/c1-10(2)14(15(21)18-12-5-3-4-11(17)8-12)20-16(22)19-13-6-7-25(23,24)9-13/h3-5,8,10,13-14H,6-7,9H2,1-2H3,(H,18,21)(H2,19,20,22)/t13?,14-/m0/s1. The predicted molar refractivity (Wildman–Crippen MR) is 97.4 cm³/mol. The first-order chi connectivity index (χ1) is 11.7. The monoisotopic (exact) mass is 387 g/mol. The molecule has 1 aliphatic rings. The van der Waals surface area contributed by atoms with E-state index >= 15 is 0 Å². The fourth-order valence-corrected chi connectivity index (χ4v) is 4.46. The summed E-state index contributed by atoms with van der Waals surface area (Å²) in [6, 6.07) is 4.97. The zero-order valence-electron chi connectivity index (χ0n) is 14.1. The Morgan fingerprint density at radius 2 is 2.00 bits per heavy atom. The number of rotatable bonds is 5. The molecule has 3 amide bonds. The van der Waals surface area contributed by atoms with Crippen LogP contribution in [0.2, 0.25) is 5.02 Å². The van der Waals surface area contributed by atoms with Crippen LogP contribution in [-0.2, 0) is 14.6 Å². The quantitative estimate of drug-likeness (QED) is 0.716. The van der Waals surface area contributed by atoms with Crippen LogP contribution < -0.4 is 16.0 Å². The smallest absolute Gasteiger partial charge is 0.315 e. The van der Waals surface area contributed by atoms with Gasteiger partial charge in [0.1, 0.15) is 6.04 Å². The van der Waals surface area contributed by atoms with E-state index in [2.05, 4.69) is 16.0 Å². The van der Waals surface area contributed by atoms with E-state index in [0.29, 0.717) is 17.1 Å². The molecular formula is C16H22ClN3O4S. The number of halogens is 1. The van der Waals surface area contributed by atoms with Gasteiger partial charge in [-0.3, -0.25) is 4.79 Å². The molecule has 2 atom stereocenters. The lowest BCUT2D eigenvalue weighted by Crippen LogP contribution is -2.52. The molecule has 1 fully saturated rings. The first kappa shape index (κ1) is 19.5. The van der Waals surface area contributed by atoms with Crippen molar-refractivity contribution in [1.82, 2.24) is 10.6 Å². The number of nitrogens with one attached hydrogen (secondary N) is 3. The highest BCUT2D eigenvalue weighted by atomic mass is 35.5. The van der Waals surface area contributed by atoms with Gasteiger partial charge in [-0.2, -0.15) is 0 Å². The van der Waals surface area contributed by atoms with Gasteiger partial charge >= 0.3 is 6.03 Å². The van der Waals surface area contributed by atoms with E-state index < -0.39 is 28.0 Å². The van der Waals surface area contributed by atoms with Crippen molar-refractivity contribution in [3.63, 3.8) is 0 Å². The van der Waals surface area contributed by atoms with Crippen molar-refractivity contribution in [3.8, 4) is 0 Å². The summed E-state index contributed by atoms with van der Waals surface area (Å²) in [5.41, 5.74) is 0.534. The maximum absolute atomic E-state index is 12.4. The molecule has 0 bridgehead atoms. The van der Waals surface area contributed by atoms with Gasteiger partial charge in [0, 0.05) is 16.8 Å². The minimum Gasteiger partial charge on any atom is -0.334 e. The lowest BCUT2D eigenvalue weighted by molar-refractivity contribution is -0.118. The van der Waals surface area contributed by atoms with Gasteiger partial charge in [-0.15, -0.1) is 0 Å². The Morgan fingerprint density at radius 1 is 1.28 bits per heavy atom. The van der Waals surface area contributed by atoms with Crippen molar-refractivity contribution in [2.24, 2.45) is 5.92 Å². The van der Waals surface area contributed by atoms with Gasteiger partial charge in [0.25, 0.3) is 0 Å². The summed E-state index contributed by atoms with van der Waals surface area (Å²) >= 11 is 5.89. The van der Waals surface area contributed by atoms with Gasteiger partial charge in [0.15, 0.2) is 9.84 Å². The Labute approximate surface area is 152 Å². The Hall–Kier alpha value is -1.80. The molecule has 25 heavy (non-hydrogen) atoms. The van der Waals surface area contributed by atoms with Crippen LogP contribution in [0.3, 0.4) is 0 Å². The zero-order valence-corrected chi connectivity index (χ0v) is 15.7. The normalized spacial score (nSPS) is 20.1. The van der Waals surface area contributed by atoms with Crippen molar-refractivity contribution in [3.05, 3.63) is 29.3 Å². The molecule has 0 saturated carbocycles. The van der Waals surface area contributed by atoms with Crippen LogP contribution in [0.5, 0.6) is 0 Å². The van der Waals surface area contributed by atoms with E-state index in [0.717, 1.165) is 0 Å². The molecule has 7 nitrogen and oxygen atoms in total. The van der Waals surface area contributed by atoms with Gasteiger partial charge < -0.3 is 16.0 Å². The number of amides is 3. The van der Waals surface area contributed by atoms with Gasteiger partial charge in [0.05, 0.1) is 11.5 Å². The first-order valence-electron chi connectivity index (χ1n) is 8.00. The summed E-state index contributed by atoms with van der Waals surface area (Å²) in [6.07, 6.45) is 0.386. The number of hydrogen-bond donors (Lipinski definition) is 3. The summed E-state index contributed by atoms with van der Waals surface area (Å²) in [5, 5.41) is 8.44. The van der Waals surface area contributed by atoms with Crippen molar-refractivity contribution in [2.45, 2.75) is 32.4 Å². The molecule has 0 aromatic heterocycles. The molecule has 1 heterocycles. The Balaban J connectivity index is 1.95. The van der Waals surface area contributed by atoms with E-state index in [-0.39, 0.29) is 23.3 Å². The summed E-state index contributed by atoms with van der Waals surface area (Å²) in [5.74, 6) is -0.522. The lowest BCUT2D eigenvalue weighted by atomic mass is 10.0. The number of carbonyl (C=O) groups is 2. The highest BCUT2D eigenvalue weighted by Crippen LogP contribution is 2.16. The van der Waals surface area contributed by atoms with Gasteiger partial charge in [-0.1, -0.05) is 31.5 Å². The Kier molecular flexibility index (Phi) is 6.29. The fraction of sp³-hybridized carbons (Fsp3) is 0.500. The number of anilines is 1. The third-order valence-electron chi connectivity index (χ3n) is 3.90. The van der Waals surface area contributed by atoms with Crippen LogP contribution in [0.4, 0.5) is 10.5 Å². The van der Waals surface area contributed by atoms with E-state index in [1.165, 1.54) is 0 Å². The number of hydrogen-bond acceptors (Lipinski definition) is 4. The second-order valence-electron chi connectivity index (χ2n) is 6.44. The molecule has 1 aliphatic heterocycles. The molecule has 0 spiro atoms.